The van der Waals surface area contributed by atoms with E-state index >= 15 is 0 Å². The molecular weight excluding hydrogens is 393 g/mol. The monoisotopic (exact) mass is 410 g/mol. The lowest BCUT2D eigenvalue weighted by molar-refractivity contribution is 0.306. The molecule has 0 aromatic carbocycles. The molecule has 6 N–H and O–H groups in total. The first-order valence-corrected chi connectivity index (χ1v) is 8.38. The number of aliphatic hydroxyl groups excluding tert-OH is 2. The highest BCUT2D eigenvalue weighted by Gasteiger charge is 2.46. The number of halogens is 6. The lowest BCUT2D eigenvalue weighted by atomic mass is 9.97. The van der Waals surface area contributed by atoms with Crippen molar-refractivity contribution < 1.29 is 10.2 Å². The van der Waals surface area contributed by atoms with Gasteiger partial charge in [0, 0.05) is 13.1 Å². The van der Waals surface area contributed by atoms with Gasteiger partial charge in [-0.1, -0.05) is 0 Å². The van der Waals surface area contributed by atoms with Crippen molar-refractivity contribution in [1.82, 2.24) is 0 Å². The molecule has 0 spiro atoms. The molecule has 0 radical (unpaired) electrons. The summed E-state index contributed by atoms with van der Waals surface area (Å²) >= 11 is 35.3. The number of rotatable bonds is 2. The van der Waals surface area contributed by atoms with Crippen molar-refractivity contribution >= 4 is 69.6 Å². The van der Waals surface area contributed by atoms with Gasteiger partial charge in [0.15, 0.2) is 0 Å². The molecule has 0 unspecified atom stereocenters. The first-order chi connectivity index (χ1) is 9.29. The maximum Gasteiger partial charge on any atom is 0.0693 e. The second-order valence-electron chi connectivity index (χ2n) is 3.69. The molecule has 0 amide bonds. The Bertz CT molecular complexity index is 163. The molecule has 0 bridgehead atoms. The lowest BCUT2D eigenvalue weighted by Crippen LogP contribution is -2.52. The predicted octanol–water partition coefficient (Wildman–Crippen LogP) is 1.52. The molecule has 1 aliphatic carbocycles. The van der Waals surface area contributed by atoms with Gasteiger partial charge < -0.3 is 21.7 Å². The fourth-order valence-electron chi connectivity index (χ4n) is 1.05. The Morgan fingerprint density at radius 1 is 0.550 bits per heavy atom. The smallest absolute Gasteiger partial charge is 0.0693 e. The van der Waals surface area contributed by atoms with Crippen LogP contribution in [0.1, 0.15) is 0 Å². The second kappa shape index (κ2) is 14.2. The standard InChI is InChI=1S/C6H6Cl6.2C2H7NO/c7-1-2(8)4(10)6(12)5(11)3(1)9;2*3-1-2-4/h1-6H;2*4H,1-3H2/t1-,2-,3-,4+,5+,6+;;. The summed E-state index contributed by atoms with van der Waals surface area (Å²) in [6, 6.07) is 0. The molecule has 0 heterocycles. The molecule has 0 atom stereocenters. The van der Waals surface area contributed by atoms with Crippen molar-refractivity contribution in [2.24, 2.45) is 11.5 Å². The second-order valence-corrected chi connectivity index (χ2v) is 6.71. The van der Waals surface area contributed by atoms with Gasteiger partial charge in [-0.25, -0.2) is 0 Å². The summed E-state index contributed by atoms with van der Waals surface area (Å²) in [6.45, 7) is 0.944. The zero-order chi connectivity index (χ0) is 16.3. The molecule has 0 aromatic heterocycles. The van der Waals surface area contributed by atoms with Crippen LogP contribution in [-0.2, 0) is 0 Å². The summed E-state index contributed by atoms with van der Waals surface area (Å²) in [5.74, 6) is 0. The van der Waals surface area contributed by atoms with Crippen molar-refractivity contribution in [2.75, 3.05) is 26.3 Å². The maximum absolute atomic E-state index is 7.75. The minimum Gasteiger partial charge on any atom is -0.395 e. The molecule has 4 nitrogen and oxygen atoms in total. The minimum atomic E-state index is -0.437. The van der Waals surface area contributed by atoms with Gasteiger partial charge in [0.25, 0.3) is 0 Å². The van der Waals surface area contributed by atoms with Crippen LogP contribution in [-0.4, -0.2) is 68.8 Å². The third-order valence-electron chi connectivity index (χ3n) is 2.08. The molecule has 1 saturated carbocycles. The fourth-order valence-corrected chi connectivity index (χ4v) is 3.38. The summed E-state index contributed by atoms with van der Waals surface area (Å²) in [5, 5.41) is 12.9. The van der Waals surface area contributed by atoms with E-state index in [-0.39, 0.29) is 13.2 Å². The lowest BCUT2D eigenvalue weighted by Gasteiger charge is -2.37. The van der Waals surface area contributed by atoms with Crippen molar-refractivity contribution in [1.29, 1.82) is 0 Å². The Hall–Kier alpha value is 1.58. The van der Waals surface area contributed by atoms with E-state index in [9.17, 15) is 0 Å². The summed E-state index contributed by atoms with van der Waals surface area (Å²) in [4.78, 5) is 0. The van der Waals surface area contributed by atoms with Gasteiger partial charge in [-0.3, -0.25) is 0 Å². The Balaban J connectivity index is 0. The van der Waals surface area contributed by atoms with Crippen LogP contribution in [0, 0.1) is 0 Å². The Kier molecular flexibility index (Phi) is 16.9. The van der Waals surface area contributed by atoms with Crippen molar-refractivity contribution in [3.63, 3.8) is 0 Å². The zero-order valence-corrected chi connectivity index (χ0v) is 15.1. The fraction of sp³-hybridized carbons (Fsp3) is 1.00. The number of aliphatic hydroxyl groups is 2. The van der Waals surface area contributed by atoms with Crippen LogP contribution in [0.25, 0.3) is 0 Å². The van der Waals surface area contributed by atoms with Crippen molar-refractivity contribution in [3.05, 3.63) is 0 Å². The number of hydrogen-bond donors (Lipinski definition) is 4. The highest BCUT2D eigenvalue weighted by atomic mass is 35.5. The van der Waals surface area contributed by atoms with Crippen LogP contribution in [0.2, 0.25) is 0 Å². The molecule has 0 saturated heterocycles. The Morgan fingerprint density at radius 2 is 0.650 bits per heavy atom. The number of hydrogen-bond acceptors (Lipinski definition) is 4. The number of alkyl halides is 6. The maximum atomic E-state index is 7.75. The van der Waals surface area contributed by atoms with Crippen molar-refractivity contribution in [2.45, 2.75) is 32.3 Å². The SMILES string of the molecule is Cl[C@H]1[C@H](Cl)[C@@H](Cl)[C@@H](Cl)[C@H](Cl)[C@H]1Cl.NCCO.NCCO. The normalized spacial score (nSPS) is 36.3. The van der Waals surface area contributed by atoms with E-state index in [0.717, 1.165) is 0 Å². The third kappa shape index (κ3) is 8.89. The molecule has 1 rings (SSSR count). The van der Waals surface area contributed by atoms with Crippen LogP contribution in [0.15, 0.2) is 0 Å². The van der Waals surface area contributed by atoms with E-state index in [4.69, 9.17) is 91.3 Å². The van der Waals surface area contributed by atoms with E-state index < -0.39 is 32.3 Å². The van der Waals surface area contributed by atoms with Crippen LogP contribution in [0.3, 0.4) is 0 Å². The van der Waals surface area contributed by atoms with Crippen LogP contribution in [0.4, 0.5) is 0 Å². The summed E-state index contributed by atoms with van der Waals surface area (Å²) in [5.41, 5.74) is 9.56. The average Bonchev–Trinajstić information content (AvgIpc) is 2.49. The highest BCUT2D eigenvalue weighted by molar-refractivity contribution is 6.45. The first kappa shape index (κ1) is 23.8. The minimum absolute atomic E-state index is 0.0972. The van der Waals surface area contributed by atoms with Crippen LogP contribution < -0.4 is 11.5 Å². The molecule has 0 aliphatic heterocycles. The van der Waals surface area contributed by atoms with E-state index in [1.165, 1.54) is 0 Å². The molecule has 10 heteroatoms. The quantitative estimate of drug-likeness (QED) is 0.517. The highest BCUT2D eigenvalue weighted by Crippen LogP contribution is 2.39. The average molecular weight is 413 g/mol. The molecule has 0 aromatic rings. The summed E-state index contributed by atoms with van der Waals surface area (Å²) in [7, 11) is 0. The van der Waals surface area contributed by atoms with Gasteiger partial charge >= 0.3 is 0 Å². The predicted molar refractivity (Wildman–Crippen MR) is 90.1 cm³/mol. The first-order valence-electron chi connectivity index (χ1n) is 5.76. The molecule has 20 heavy (non-hydrogen) atoms. The van der Waals surface area contributed by atoms with Gasteiger partial charge in [0.1, 0.15) is 0 Å². The van der Waals surface area contributed by atoms with Gasteiger partial charge in [-0.05, 0) is 0 Å². The topological polar surface area (TPSA) is 92.5 Å². The zero-order valence-electron chi connectivity index (χ0n) is 10.6. The Labute approximate surface area is 149 Å². The largest absolute Gasteiger partial charge is 0.395 e. The van der Waals surface area contributed by atoms with Gasteiger partial charge in [-0.15, -0.1) is 69.6 Å². The van der Waals surface area contributed by atoms with E-state index in [1.54, 1.807) is 0 Å². The molecule has 1 fully saturated rings. The Morgan fingerprint density at radius 3 is 0.700 bits per heavy atom. The molecule has 1 aliphatic rings. The van der Waals surface area contributed by atoms with Crippen LogP contribution in [0.5, 0.6) is 0 Å². The van der Waals surface area contributed by atoms with Crippen LogP contribution >= 0.6 is 69.6 Å². The van der Waals surface area contributed by atoms with Gasteiger partial charge in [-0.2, -0.15) is 0 Å². The van der Waals surface area contributed by atoms with E-state index in [2.05, 4.69) is 0 Å². The van der Waals surface area contributed by atoms with Gasteiger partial charge in [0.05, 0.1) is 45.5 Å². The van der Waals surface area contributed by atoms with E-state index in [1.807, 2.05) is 0 Å². The van der Waals surface area contributed by atoms with Gasteiger partial charge in [0.2, 0.25) is 0 Å². The third-order valence-corrected chi connectivity index (χ3v) is 6.11. The number of nitrogens with two attached hydrogens (primary N) is 2. The summed E-state index contributed by atoms with van der Waals surface area (Å²) in [6.07, 6.45) is 0. The van der Waals surface area contributed by atoms with Crippen molar-refractivity contribution in [3.8, 4) is 0 Å². The molecular formula is C10H20Cl6N2O2. The molecule has 124 valence electrons. The van der Waals surface area contributed by atoms with E-state index in [0.29, 0.717) is 13.1 Å². The summed E-state index contributed by atoms with van der Waals surface area (Å²) < 4.78 is 0.